The SMILES string of the molecule is CCC(CCO)NC(=O)c1ccc(CN)cc1. The molecule has 1 rings (SSSR count). The van der Waals surface area contributed by atoms with Gasteiger partial charge in [-0.25, -0.2) is 0 Å². The first-order chi connectivity index (χ1) is 8.21. The molecule has 17 heavy (non-hydrogen) atoms. The number of rotatable bonds is 6. The van der Waals surface area contributed by atoms with Gasteiger partial charge in [-0.1, -0.05) is 19.1 Å². The van der Waals surface area contributed by atoms with Gasteiger partial charge in [-0.15, -0.1) is 0 Å². The van der Waals surface area contributed by atoms with Gasteiger partial charge in [0.05, 0.1) is 0 Å². The average Bonchev–Trinajstić information content (AvgIpc) is 2.38. The maximum atomic E-state index is 11.9. The van der Waals surface area contributed by atoms with E-state index < -0.39 is 0 Å². The molecule has 0 bridgehead atoms. The van der Waals surface area contributed by atoms with Crippen molar-refractivity contribution in [2.45, 2.75) is 32.4 Å². The molecule has 4 nitrogen and oxygen atoms in total. The van der Waals surface area contributed by atoms with Crippen LogP contribution in [-0.2, 0) is 6.54 Å². The lowest BCUT2D eigenvalue weighted by Crippen LogP contribution is -2.35. The molecule has 1 aromatic rings. The van der Waals surface area contributed by atoms with Gasteiger partial charge < -0.3 is 16.2 Å². The molecule has 1 aromatic carbocycles. The minimum absolute atomic E-state index is 0.0293. The average molecular weight is 236 g/mol. The molecule has 0 saturated heterocycles. The van der Waals surface area contributed by atoms with E-state index >= 15 is 0 Å². The van der Waals surface area contributed by atoms with E-state index in [0.717, 1.165) is 12.0 Å². The van der Waals surface area contributed by atoms with Crippen LogP contribution in [0.4, 0.5) is 0 Å². The van der Waals surface area contributed by atoms with E-state index in [2.05, 4.69) is 5.32 Å². The van der Waals surface area contributed by atoms with E-state index in [9.17, 15) is 4.79 Å². The molecule has 0 fully saturated rings. The molecular formula is C13H20N2O2. The van der Waals surface area contributed by atoms with Crippen LogP contribution < -0.4 is 11.1 Å². The molecule has 0 saturated carbocycles. The summed E-state index contributed by atoms with van der Waals surface area (Å²) in [6.07, 6.45) is 1.40. The van der Waals surface area contributed by atoms with Crippen LogP contribution >= 0.6 is 0 Å². The van der Waals surface area contributed by atoms with Crippen LogP contribution in [0.2, 0.25) is 0 Å². The zero-order valence-electron chi connectivity index (χ0n) is 10.1. The first-order valence-electron chi connectivity index (χ1n) is 5.92. The van der Waals surface area contributed by atoms with Crippen molar-refractivity contribution in [3.8, 4) is 0 Å². The molecule has 0 heterocycles. The predicted molar refractivity (Wildman–Crippen MR) is 67.6 cm³/mol. The van der Waals surface area contributed by atoms with Crippen molar-refractivity contribution in [3.05, 3.63) is 35.4 Å². The minimum Gasteiger partial charge on any atom is -0.396 e. The molecule has 4 N–H and O–H groups in total. The Bertz CT molecular complexity index is 349. The fourth-order valence-electron chi connectivity index (χ4n) is 1.60. The summed E-state index contributed by atoms with van der Waals surface area (Å²) >= 11 is 0. The van der Waals surface area contributed by atoms with Gasteiger partial charge in [-0.05, 0) is 30.5 Å². The number of amides is 1. The highest BCUT2D eigenvalue weighted by Gasteiger charge is 2.11. The number of nitrogens with one attached hydrogen (secondary N) is 1. The Morgan fingerprint density at radius 3 is 2.53 bits per heavy atom. The molecule has 0 aliphatic carbocycles. The first kappa shape index (κ1) is 13.7. The van der Waals surface area contributed by atoms with Gasteiger partial charge >= 0.3 is 0 Å². The summed E-state index contributed by atoms with van der Waals surface area (Å²) in [5.74, 6) is -0.103. The van der Waals surface area contributed by atoms with E-state index in [1.165, 1.54) is 0 Å². The second-order valence-corrected chi connectivity index (χ2v) is 3.99. The van der Waals surface area contributed by atoms with Gasteiger partial charge in [0.15, 0.2) is 0 Å². The largest absolute Gasteiger partial charge is 0.396 e. The minimum atomic E-state index is -0.103. The van der Waals surface area contributed by atoms with E-state index in [1.807, 2.05) is 19.1 Å². The fourth-order valence-corrected chi connectivity index (χ4v) is 1.60. The topological polar surface area (TPSA) is 75.3 Å². The second-order valence-electron chi connectivity index (χ2n) is 3.99. The molecular weight excluding hydrogens is 216 g/mol. The third-order valence-corrected chi connectivity index (χ3v) is 2.76. The molecule has 1 amide bonds. The molecule has 0 radical (unpaired) electrons. The van der Waals surface area contributed by atoms with Crippen molar-refractivity contribution in [1.82, 2.24) is 5.32 Å². The van der Waals surface area contributed by atoms with Gasteiger partial charge in [0, 0.05) is 24.8 Å². The molecule has 0 aliphatic heterocycles. The van der Waals surface area contributed by atoms with Gasteiger partial charge in [0.2, 0.25) is 0 Å². The summed E-state index contributed by atoms with van der Waals surface area (Å²) in [5, 5.41) is 11.7. The Kier molecular flexibility index (Phi) is 5.66. The van der Waals surface area contributed by atoms with Crippen molar-refractivity contribution in [1.29, 1.82) is 0 Å². The summed E-state index contributed by atoms with van der Waals surface area (Å²) in [4.78, 5) is 11.9. The Morgan fingerprint density at radius 2 is 2.06 bits per heavy atom. The van der Waals surface area contributed by atoms with Crippen molar-refractivity contribution >= 4 is 5.91 Å². The highest BCUT2D eigenvalue weighted by molar-refractivity contribution is 5.94. The van der Waals surface area contributed by atoms with Gasteiger partial charge in [0.25, 0.3) is 5.91 Å². The Balaban J connectivity index is 2.62. The van der Waals surface area contributed by atoms with Crippen molar-refractivity contribution < 1.29 is 9.90 Å². The fraction of sp³-hybridized carbons (Fsp3) is 0.462. The van der Waals surface area contributed by atoms with Crippen LogP contribution in [0.3, 0.4) is 0 Å². The zero-order valence-corrected chi connectivity index (χ0v) is 10.1. The van der Waals surface area contributed by atoms with E-state index in [-0.39, 0.29) is 18.6 Å². The highest BCUT2D eigenvalue weighted by atomic mass is 16.3. The van der Waals surface area contributed by atoms with Crippen LogP contribution in [-0.4, -0.2) is 23.7 Å². The molecule has 94 valence electrons. The number of hydrogen-bond donors (Lipinski definition) is 3. The normalized spacial score (nSPS) is 12.2. The molecule has 4 heteroatoms. The lowest BCUT2D eigenvalue weighted by atomic mass is 10.1. The lowest BCUT2D eigenvalue weighted by molar-refractivity contribution is 0.0929. The van der Waals surface area contributed by atoms with E-state index in [0.29, 0.717) is 18.5 Å². The van der Waals surface area contributed by atoms with E-state index in [4.69, 9.17) is 10.8 Å². The quantitative estimate of drug-likeness (QED) is 0.690. The Morgan fingerprint density at radius 1 is 1.41 bits per heavy atom. The summed E-state index contributed by atoms with van der Waals surface area (Å²) in [7, 11) is 0. The smallest absolute Gasteiger partial charge is 0.251 e. The Hall–Kier alpha value is -1.39. The monoisotopic (exact) mass is 236 g/mol. The third-order valence-electron chi connectivity index (χ3n) is 2.76. The van der Waals surface area contributed by atoms with E-state index in [1.54, 1.807) is 12.1 Å². The van der Waals surface area contributed by atoms with Crippen LogP contribution in [0.1, 0.15) is 35.7 Å². The van der Waals surface area contributed by atoms with Crippen LogP contribution in [0.25, 0.3) is 0 Å². The maximum absolute atomic E-state index is 11.9. The van der Waals surface area contributed by atoms with Gasteiger partial charge in [-0.3, -0.25) is 4.79 Å². The number of benzene rings is 1. The predicted octanol–water partition coefficient (Wildman–Crippen LogP) is 1.04. The summed E-state index contributed by atoms with van der Waals surface area (Å²) in [6.45, 7) is 2.55. The van der Waals surface area contributed by atoms with Gasteiger partial charge in [0.1, 0.15) is 0 Å². The summed E-state index contributed by atoms with van der Waals surface area (Å²) in [6, 6.07) is 7.26. The standard InChI is InChI=1S/C13H20N2O2/c1-2-12(7-8-16)15-13(17)11-5-3-10(9-14)4-6-11/h3-6,12,16H,2,7-9,14H2,1H3,(H,15,17). The van der Waals surface area contributed by atoms with Crippen LogP contribution in [0.15, 0.2) is 24.3 Å². The molecule has 1 unspecified atom stereocenters. The van der Waals surface area contributed by atoms with Crippen molar-refractivity contribution in [2.75, 3.05) is 6.61 Å². The number of aliphatic hydroxyl groups is 1. The number of carbonyl (C=O) groups excluding carboxylic acids is 1. The maximum Gasteiger partial charge on any atom is 0.251 e. The van der Waals surface area contributed by atoms with Crippen molar-refractivity contribution in [2.24, 2.45) is 5.73 Å². The lowest BCUT2D eigenvalue weighted by Gasteiger charge is -2.15. The third kappa shape index (κ3) is 4.17. The first-order valence-corrected chi connectivity index (χ1v) is 5.92. The number of hydrogen-bond acceptors (Lipinski definition) is 3. The Labute approximate surface area is 102 Å². The van der Waals surface area contributed by atoms with Crippen molar-refractivity contribution in [3.63, 3.8) is 0 Å². The highest BCUT2D eigenvalue weighted by Crippen LogP contribution is 2.05. The number of carbonyl (C=O) groups is 1. The second kappa shape index (κ2) is 7.04. The summed E-state index contributed by atoms with van der Waals surface area (Å²) in [5.41, 5.74) is 7.12. The van der Waals surface area contributed by atoms with Crippen LogP contribution in [0, 0.1) is 0 Å². The zero-order chi connectivity index (χ0) is 12.7. The summed E-state index contributed by atoms with van der Waals surface area (Å²) < 4.78 is 0. The molecule has 0 spiro atoms. The number of nitrogens with two attached hydrogens (primary N) is 1. The number of aliphatic hydroxyl groups excluding tert-OH is 1. The molecule has 0 aromatic heterocycles. The molecule has 1 atom stereocenters. The van der Waals surface area contributed by atoms with Crippen LogP contribution in [0.5, 0.6) is 0 Å². The van der Waals surface area contributed by atoms with Gasteiger partial charge in [-0.2, -0.15) is 0 Å². The molecule has 0 aliphatic rings.